The Bertz CT molecular complexity index is 1200. The normalized spacial score (nSPS) is 13.9. The minimum Gasteiger partial charge on any atom is -0.497 e. The molecule has 0 fully saturated rings. The maximum Gasteiger partial charge on any atom is 0.272 e. The van der Waals surface area contributed by atoms with E-state index in [1.165, 1.54) is 16.7 Å². The summed E-state index contributed by atoms with van der Waals surface area (Å²) in [7, 11) is 1.57. The number of ether oxygens (including phenoxy) is 1. The average molecular weight is 450 g/mol. The molecule has 3 aromatic rings. The molecule has 0 unspecified atom stereocenters. The molecular weight excluding hydrogens is 430 g/mol. The highest BCUT2D eigenvalue weighted by Gasteiger charge is 2.40. The molecule has 0 radical (unpaired) electrons. The van der Waals surface area contributed by atoms with Gasteiger partial charge in [-0.15, -0.1) is 0 Å². The quantitative estimate of drug-likeness (QED) is 0.445. The van der Waals surface area contributed by atoms with Gasteiger partial charge in [-0.05, 0) is 73.5 Å². The Hall–Kier alpha value is -3.02. The number of methoxy groups -OCH3 is 1. The fourth-order valence-electron chi connectivity index (χ4n) is 3.52. The summed E-state index contributed by atoms with van der Waals surface area (Å²) in [5, 5.41) is 0.613. The Labute approximate surface area is 190 Å². The zero-order valence-corrected chi connectivity index (χ0v) is 18.9. The van der Waals surface area contributed by atoms with Crippen LogP contribution in [0.1, 0.15) is 16.7 Å². The van der Waals surface area contributed by atoms with Crippen LogP contribution in [0.2, 0.25) is 5.02 Å². The van der Waals surface area contributed by atoms with Crippen LogP contribution < -0.4 is 9.64 Å². The van der Waals surface area contributed by atoms with Crippen LogP contribution in [0.4, 0.5) is 5.69 Å². The van der Waals surface area contributed by atoms with Gasteiger partial charge >= 0.3 is 0 Å². The van der Waals surface area contributed by atoms with Crippen LogP contribution in [0.25, 0.3) is 5.57 Å². The molecule has 156 valence electrons. The lowest BCUT2D eigenvalue weighted by Crippen LogP contribution is -2.31. The molecule has 0 aliphatic carbocycles. The third-order valence-electron chi connectivity index (χ3n) is 5.06. The molecule has 1 heterocycles. The van der Waals surface area contributed by atoms with Crippen molar-refractivity contribution in [3.63, 3.8) is 0 Å². The number of rotatable bonds is 5. The van der Waals surface area contributed by atoms with Crippen LogP contribution in [-0.2, 0) is 9.59 Å². The van der Waals surface area contributed by atoms with Gasteiger partial charge in [0, 0.05) is 9.92 Å². The Kier molecular flexibility index (Phi) is 5.90. The molecule has 0 bridgehead atoms. The number of benzene rings is 3. The summed E-state index contributed by atoms with van der Waals surface area (Å²) in [6.07, 6.45) is 0. The predicted octanol–water partition coefficient (Wildman–Crippen LogP) is 6.04. The molecule has 0 spiro atoms. The molecule has 1 aliphatic rings. The smallest absolute Gasteiger partial charge is 0.272 e. The lowest BCUT2D eigenvalue weighted by atomic mass is 9.99. The van der Waals surface area contributed by atoms with Gasteiger partial charge in [0.25, 0.3) is 11.8 Å². The van der Waals surface area contributed by atoms with Crippen LogP contribution in [0, 0.1) is 13.8 Å². The maximum absolute atomic E-state index is 13.5. The summed E-state index contributed by atoms with van der Waals surface area (Å²) in [6, 6.07) is 20.0. The van der Waals surface area contributed by atoms with Crippen LogP contribution in [-0.4, -0.2) is 18.9 Å². The molecular formula is C25H20ClNO3S. The van der Waals surface area contributed by atoms with Crippen molar-refractivity contribution < 1.29 is 14.3 Å². The second-order valence-corrected chi connectivity index (χ2v) is 8.74. The number of amides is 2. The molecule has 4 rings (SSSR count). The number of thioether (sulfide) groups is 1. The zero-order chi connectivity index (χ0) is 22.1. The standard InChI is InChI=1S/C25H20ClNO3S/c1-15-4-13-21(16(2)14-15)22-23(31-20-11-5-17(26)6-12-20)25(29)27(24(22)28)18-7-9-19(30-3)10-8-18/h4-14H,1-3H3. The number of hydrogen-bond acceptors (Lipinski definition) is 4. The van der Waals surface area contributed by atoms with Gasteiger partial charge in [0.1, 0.15) is 5.75 Å². The molecule has 4 nitrogen and oxygen atoms in total. The number of hydrogen-bond donors (Lipinski definition) is 0. The lowest BCUT2D eigenvalue weighted by molar-refractivity contribution is -0.119. The average Bonchev–Trinajstić information content (AvgIpc) is 2.99. The van der Waals surface area contributed by atoms with Gasteiger partial charge in [-0.1, -0.05) is 47.1 Å². The molecule has 0 aromatic heterocycles. The minimum atomic E-state index is -0.343. The van der Waals surface area contributed by atoms with Crippen molar-refractivity contribution in [2.24, 2.45) is 0 Å². The highest BCUT2D eigenvalue weighted by molar-refractivity contribution is 8.04. The number of anilines is 1. The van der Waals surface area contributed by atoms with Crippen molar-refractivity contribution >= 4 is 46.4 Å². The Morgan fingerprint density at radius 2 is 1.55 bits per heavy atom. The molecule has 31 heavy (non-hydrogen) atoms. The summed E-state index contributed by atoms with van der Waals surface area (Å²) in [4.78, 5) is 29.5. The van der Waals surface area contributed by atoms with Crippen molar-refractivity contribution in [3.8, 4) is 5.75 Å². The summed E-state index contributed by atoms with van der Waals surface area (Å²) in [6.45, 7) is 3.95. The minimum absolute atomic E-state index is 0.335. The van der Waals surface area contributed by atoms with E-state index in [9.17, 15) is 9.59 Å². The lowest BCUT2D eigenvalue weighted by Gasteiger charge is -2.16. The van der Waals surface area contributed by atoms with Crippen molar-refractivity contribution in [1.29, 1.82) is 0 Å². The van der Waals surface area contributed by atoms with E-state index >= 15 is 0 Å². The number of imide groups is 1. The SMILES string of the molecule is COc1ccc(N2C(=O)C(Sc3ccc(Cl)cc3)=C(c3ccc(C)cc3C)C2=O)cc1. The van der Waals surface area contributed by atoms with Crippen LogP contribution in [0.5, 0.6) is 5.75 Å². The molecule has 2 amide bonds. The fourth-order valence-corrected chi connectivity index (χ4v) is 4.63. The highest BCUT2D eigenvalue weighted by atomic mass is 35.5. The highest BCUT2D eigenvalue weighted by Crippen LogP contribution is 2.42. The third kappa shape index (κ3) is 4.11. The molecule has 0 atom stereocenters. The van der Waals surface area contributed by atoms with Crippen molar-refractivity contribution in [2.75, 3.05) is 12.0 Å². The van der Waals surface area contributed by atoms with Gasteiger partial charge in [-0.3, -0.25) is 9.59 Å². The zero-order valence-electron chi connectivity index (χ0n) is 17.3. The largest absolute Gasteiger partial charge is 0.497 e. The molecule has 0 N–H and O–H groups in total. The van der Waals surface area contributed by atoms with E-state index in [0.29, 0.717) is 26.9 Å². The van der Waals surface area contributed by atoms with E-state index in [-0.39, 0.29) is 11.8 Å². The van der Waals surface area contributed by atoms with E-state index in [1.54, 1.807) is 43.5 Å². The Morgan fingerprint density at radius 3 is 2.16 bits per heavy atom. The Morgan fingerprint density at radius 1 is 0.871 bits per heavy atom. The van der Waals surface area contributed by atoms with E-state index in [4.69, 9.17) is 16.3 Å². The topological polar surface area (TPSA) is 46.6 Å². The molecule has 0 saturated carbocycles. The first-order valence-corrected chi connectivity index (χ1v) is 10.9. The van der Waals surface area contributed by atoms with Crippen molar-refractivity contribution in [2.45, 2.75) is 18.7 Å². The van der Waals surface area contributed by atoms with Gasteiger partial charge in [0.2, 0.25) is 0 Å². The molecule has 1 aliphatic heterocycles. The number of carbonyl (C=O) groups is 2. The summed E-state index contributed by atoms with van der Waals surface area (Å²) >= 11 is 7.29. The second kappa shape index (κ2) is 8.61. The van der Waals surface area contributed by atoms with E-state index in [2.05, 4.69) is 0 Å². The van der Waals surface area contributed by atoms with Crippen LogP contribution in [0.15, 0.2) is 76.5 Å². The van der Waals surface area contributed by atoms with E-state index in [0.717, 1.165) is 21.6 Å². The summed E-state index contributed by atoms with van der Waals surface area (Å²) in [5.41, 5.74) is 3.72. The Balaban J connectivity index is 1.82. The monoisotopic (exact) mass is 449 g/mol. The number of nitrogens with zero attached hydrogens (tertiary/aromatic N) is 1. The van der Waals surface area contributed by atoms with E-state index in [1.807, 2.05) is 44.2 Å². The summed E-state index contributed by atoms with van der Waals surface area (Å²) < 4.78 is 5.20. The first-order chi connectivity index (χ1) is 14.9. The second-order valence-electron chi connectivity index (χ2n) is 7.22. The van der Waals surface area contributed by atoms with Crippen LogP contribution >= 0.6 is 23.4 Å². The van der Waals surface area contributed by atoms with Gasteiger partial charge < -0.3 is 4.74 Å². The van der Waals surface area contributed by atoms with Crippen LogP contribution in [0.3, 0.4) is 0 Å². The molecule has 0 saturated heterocycles. The van der Waals surface area contributed by atoms with Gasteiger partial charge in [0.15, 0.2) is 0 Å². The van der Waals surface area contributed by atoms with Gasteiger partial charge in [0.05, 0.1) is 23.3 Å². The van der Waals surface area contributed by atoms with Crippen molar-refractivity contribution in [3.05, 3.63) is 93.3 Å². The number of aryl methyl sites for hydroxylation is 2. The molecule has 3 aromatic carbocycles. The number of halogens is 1. The molecule has 6 heteroatoms. The first kappa shape index (κ1) is 21.2. The third-order valence-corrected chi connectivity index (χ3v) is 6.40. The van der Waals surface area contributed by atoms with E-state index < -0.39 is 0 Å². The number of carbonyl (C=O) groups excluding carboxylic acids is 2. The summed E-state index contributed by atoms with van der Waals surface area (Å²) in [5.74, 6) is -0.0233. The van der Waals surface area contributed by atoms with Gasteiger partial charge in [-0.25, -0.2) is 4.90 Å². The van der Waals surface area contributed by atoms with Crippen molar-refractivity contribution in [1.82, 2.24) is 0 Å². The first-order valence-electron chi connectivity index (χ1n) is 9.67. The maximum atomic E-state index is 13.5. The fraction of sp³-hybridized carbons (Fsp3) is 0.120. The predicted molar refractivity (Wildman–Crippen MR) is 126 cm³/mol. The van der Waals surface area contributed by atoms with Gasteiger partial charge in [-0.2, -0.15) is 0 Å².